The van der Waals surface area contributed by atoms with E-state index in [4.69, 9.17) is 4.74 Å². The minimum atomic E-state index is 0.395. The molecule has 86 valence electrons. The van der Waals surface area contributed by atoms with Crippen molar-refractivity contribution in [1.82, 2.24) is 5.32 Å². The number of ether oxygens (including phenoxy) is 1. The molecule has 1 aliphatic heterocycles. The maximum atomic E-state index is 5.56. The summed E-state index contributed by atoms with van der Waals surface area (Å²) in [5.41, 5.74) is 0.477. The van der Waals surface area contributed by atoms with Crippen molar-refractivity contribution in [2.75, 3.05) is 6.54 Å². The molecule has 2 atom stereocenters. The van der Waals surface area contributed by atoms with E-state index in [9.17, 15) is 0 Å². The van der Waals surface area contributed by atoms with Crippen LogP contribution >= 0.6 is 0 Å². The van der Waals surface area contributed by atoms with Crippen LogP contribution in [0.5, 0.6) is 0 Å². The lowest BCUT2D eigenvalue weighted by molar-refractivity contribution is 0.113. The molecule has 0 aromatic heterocycles. The van der Waals surface area contributed by atoms with Crippen molar-refractivity contribution >= 4 is 0 Å². The molecule has 1 fully saturated rings. The summed E-state index contributed by atoms with van der Waals surface area (Å²) in [5.74, 6) is 0. The molecule has 0 bridgehead atoms. The first-order valence-corrected chi connectivity index (χ1v) is 6.22. The van der Waals surface area contributed by atoms with Gasteiger partial charge in [-0.2, -0.15) is 0 Å². The monoisotopic (exact) mass is 209 g/mol. The van der Waals surface area contributed by atoms with Crippen molar-refractivity contribution in [3.05, 3.63) is 12.3 Å². The molecule has 2 unspecified atom stereocenters. The zero-order valence-electron chi connectivity index (χ0n) is 9.96. The Balaban J connectivity index is 1.75. The van der Waals surface area contributed by atoms with Crippen LogP contribution < -0.4 is 5.32 Å². The van der Waals surface area contributed by atoms with Crippen LogP contribution in [0.2, 0.25) is 0 Å². The quantitative estimate of drug-likeness (QED) is 0.771. The lowest BCUT2D eigenvalue weighted by atomic mass is 9.87. The standard InChI is InChI=1S/C13H23NO/c1-13(2)8-5-7-12(13)14-10-11-6-3-4-9-15-11/h4,9,11-12,14H,3,5-8,10H2,1-2H3. The van der Waals surface area contributed by atoms with Gasteiger partial charge in [-0.25, -0.2) is 0 Å². The number of rotatable bonds is 3. The molecule has 0 aromatic rings. The first kappa shape index (κ1) is 11.0. The molecule has 2 rings (SSSR count). The molecule has 2 nitrogen and oxygen atoms in total. The average molecular weight is 209 g/mol. The molecule has 0 amide bonds. The second-order valence-corrected chi connectivity index (χ2v) is 5.55. The van der Waals surface area contributed by atoms with Crippen molar-refractivity contribution < 1.29 is 4.74 Å². The van der Waals surface area contributed by atoms with Gasteiger partial charge in [0.1, 0.15) is 6.10 Å². The van der Waals surface area contributed by atoms with E-state index in [0.717, 1.165) is 13.0 Å². The van der Waals surface area contributed by atoms with Gasteiger partial charge < -0.3 is 10.1 Å². The smallest absolute Gasteiger partial charge is 0.110 e. The molecule has 0 radical (unpaired) electrons. The van der Waals surface area contributed by atoms with E-state index in [1.807, 2.05) is 6.26 Å². The van der Waals surface area contributed by atoms with Crippen molar-refractivity contribution in [3.8, 4) is 0 Å². The van der Waals surface area contributed by atoms with Crippen LogP contribution in [0.4, 0.5) is 0 Å². The van der Waals surface area contributed by atoms with E-state index >= 15 is 0 Å². The minimum absolute atomic E-state index is 0.395. The third-order valence-electron chi connectivity index (χ3n) is 3.87. The normalized spacial score (nSPS) is 34.0. The van der Waals surface area contributed by atoms with Crippen LogP contribution in [0.1, 0.15) is 46.0 Å². The van der Waals surface area contributed by atoms with Gasteiger partial charge in [0, 0.05) is 12.6 Å². The molecule has 2 heteroatoms. The van der Waals surface area contributed by atoms with E-state index in [1.165, 1.54) is 25.7 Å². The Hall–Kier alpha value is -0.500. The van der Waals surface area contributed by atoms with Crippen LogP contribution in [0.25, 0.3) is 0 Å². The second-order valence-electron chi connectivity index (χ2n) is 5.55. The summed E-state index contributed by atoms with van der Waals surface area (Å²) in [6, 6.07) is 0.687. The van der Waals surface area contributed by atoms with Gasteiger partial charge in [0.15, 0.2) is 0 Å². The lowest BCUT2D eigenvalue weighted by Gasteiger charge is -2.30. The van der Waals surface area contributed by atoms with Gasteiger partial charge in [-0.3, -0.25) is 0 Å². The SMILES string of the molecule is CC1(C)CCCC1NCC1CCC=CO1. The molecule has 1 N–H and O–H groups in total. The van der Waals surface area contributed by atoms with E-state index < -0.39 is 0 Å². The summed E-state index contributed by atoms with van der Waals surface area (Å²) in [7, 11) is 0. The first-order chi connectivity index (χ1) is 7.18. The van der Waals surface area contributed by atoms with Crippen LogP contribution in [-0.2, 0) is 4.74 Å². The molecule has 2 aliphatic rings. The van der Waals surface area contributed by atoms with Crippen molar-refractivity contribution in [3.63, 3.8) is 0 Å². The minimum Gasteiger partial charge on any atom is -0.497 e. The van der Waals surface area contributed by atoms with Crippen LogP contribution in [-0.4, -0.2) is 18.7 Å². The molecular weight excluding hydrogens is 186 g/mol. The van der Waals surface area contributed by atoms with Gasteiger partial charge in [0.25, 0.3) is 0 Å². The van der Waals surface area contributed by atoms with E-state index in [0.29, 0.717) is 17.6 Å². The summed E-state index contributed by atoms with van der Waals surface area (Å²) in [5, 5.41) is 3.68. The van der Waals surface area contributed by atoms with E-state index in [-0.39, 0.29) is 0 Å². The average Bonchev–Trinajstić information content (AvgIpc) is 2.56. The van der Waals surface area contributed by atoms with Gasteiger partial charge in [0.05, 0.1) is 6.26 Å². The number of allylic oxidation sites excluding steroid dienone is 1. The van der Waals surface area contributed by atoms with Crippen LogP contribution in [0, 0.1) is 5.41 Å². The van der Waals surface area contributed by atoms with Crippen molar-refractivity contribution in [1.29, 1.82) is 0 Å². The topological polar surface area (TPSA) is 21.3 Å². The lowest BCUT2D eigenvalue weighted by Crippen LogP contribution is -2.42. The highest BCUT2D eigenvalue weighted by molar-refractivity contribution is 4.91. The Morgan fingerprint density at radius 3 is 2.87 bits per heavy atom. The highest BCUT2D eigenvalue weighted by Crippen LogP contribution is 2.37. The second kappa shape index (κ2) is 4.56. The fourth-order valence-corrected chi connectivity index (χ4v) is 2.71. The summed E-state index contributed by atoms with van der Waals surface area (Å²) in [4.78, 5) is 0. The largest absolute Gasteiger partial charge is 0.497 e. The Labute approximate surface area is 93.1 Å². The molecule has 1 saturated carbocycles. The zero-order valence-corrected chi connectivity index (χ0v) is 9.96. The molecule has 0 saturated heterocycles. The predicted octanol–water partition coefficient (Wildman–Crippen LogP) is 2.85. The molecule has 0 spiro atoms. The van der Waals surface area contributed by atoms with Gasteiger partial charge in [-0.05, 0) is 37.2 Å². The Kier molecular flexibility index (Phi) is 3.35. The highest BCUT2D eigenvalue weighted by Gasteiger charge is 2.34. The molecular formula is C13H23NO. The predicted molar refractivity (Wildman–Crippen MR) is 62.7 cm³/mol. The van der Waals surface area contributed by atoms with Gasteiger partial charge >= 0.3 is 0 Å². The Morgan fingerprint density at radius 1 is 1.40 bits per heavy atom. The number of hydrogen-bond donors (Lipinski definition) is 1. The number of hydrogen-bond acceptors (Lipinski definition) is 2. The van der Waals surface area contributed by atoms with Crippen molar-refractivity contribution in [2.24, 2.45) is 5.41 Å². The van der Waals surface area contributed by atoms with Gasteiger partial charge in [-0.15, -0.1) is 0 Å². The highest BCUT2D eigenvalue weighted by atomic mass is 16.5. The number of nitrogens with one attached hydrogen (secondary N) is 1. The Morgan fingerprint density at radius 2 is 2.27 bits per heavy atom. The maximum absolute atomic E-state index is 5.56. The van der Waals surface area contributed by atoms with E-state index in [1.54, 1.807) is 0 Å². The molecule has 0 aromatic carbocycles. The van der Waals surface area contributed by atoms with E-state index in [2.05, 4.69) is 25.2 Å². The summed E-state index contributed by atoms with van der Waals surface area (Å²) < 4.78 is 5.56. The summed E-state index contributed by atoms with van der Waals surface area (Å²) in [6.07, 6.45) is 10.7. The maximum Gasteiger partial charge on any atom is 0.110 e. The van der Waals surface area contributed by atoms with Crippen molar-refractivity contribution in [2.45, 2.75) is 58.1 Å². The zero-order chi connectivity index (χ0) is 10.7. The third-order valence-corrected chi connectivity index (χ3v) is 3.87. The summed E-state index contributed by atoms with van der Waals surface area (Å²) in [6.45, 7) is 5.76. The first-order valence-electron chi connectivity index (χ1n) is 6.22. The summed E-state index contributed by atoms with van der Waals surface area (Å²) >= 11 is 0. The third kappa shape index (κ3) is 2.75. The molecule has 1 aliphatic carbocycles. The molecule has 15 heavy (non-hydrogen) atoms. The fourth-order valence-electron chi connectivity index (χ4n) is 2.71. The fraction of sp³-hybridized carbons (Fsp3) is 0.846. The molecule has 1 heterocycles. The van der Waals surface area contributed by atoms with Crippen LogP contribution in [0.15, 0.2) is 12.3 Å². The Bertz CT molecular complexity index is 235. The van der Waals surface area contributed by atoms with Gasteiger partial charge in [-0.1, -0.05) is 20.3 Å². The van der Waals surface area contributed by atoms with Crippen LogP contribution in [0.3, 0.4) is 0 Å². The van der Waals surface area contributed by atoms with Gasteiger partial charge in [0.2, 0.25) is 0 Å².